The van der Waals surface area contributed by atoms with Crippen molar-refractivity contribution in [2.75, 3.05) is 26.7 Å². The van der Waals surface area contributed by atoms with Crippen LogP contribution in [-0.2, 0) is 13.1 Å². The summed E-state index contributed by atoms with van der Waals surface area (Å²) in [4.78, 5) is 14.0. The third-order valence-corrected chi connectivity index (χ3v) is 6.99. The number of nitrogens with one attached hydrogen (secondary N) is 2. The van der Waals surface area contributed by atoms with Crippen LogP contribution in [0.1, 0.15) is 30.4 Å². The van der Waals surface area contributed by atoms with Crippen molar-refractivity contribution in [3.63, 3.8) is 0 Å². The van der Waals surface area contributed by atoms with Crippen LogP contribution in [0, 0.1) is 5.92 Å². The number of nitrogens with zero attached hydrogens (tertiary/aromatic N) is 5. The summed E-state index contributed by atoms with van der Waals surface area (Å²) in [6.45, 7) is 5.14. The van der Waals surface area contributed by atoms with E-state index in [1.165, 1.54) is 43.3 Å². The van der Waals surface area contributed by atoms with Crippen molar-refractivity contribution in [1.29, 1.82) is 0 Å². The molecule has 2 aliphatic rings. The molecule has 0 amide bonds. The number of H-pyrrole nitrogens is 1. The molecule has 7 nitrogen and oxygen atoms in total. The van der Waals surface area contributed by atoms with Gasteiger partial charge >= 0.3 is 0 Å². The van der Waals surface area contributed by atoms with Crippen LogP contribution in [0.15, 0.2) is 65.9 Å². The van der Waals surface area contributed by atoms with Crippen molar-refractivity contribution in [2.45, 2.75) is 38.4 Å². The molecule has 2 unspecified atom stereocenters. The number of halogens is 1. The standard InChI is InChI=1S/C26H33N7.HI/c1-27-26(28-16-21-9-5-10-22(15-21)25-29-19-30-31-25)33-14-12-24-23(18-33)11-6-13-32(24)17-20-7-3-2-4-8-20;/h2-5,7-10,15,19,23-24H,6,11-14,16-18H2,1H3,(H,27,28)(H,29,30,31);1H. The van der Waals surface area contributed by atoms with Crippen molar-refractivity contribution in [2.24, 2.45) is 10.9 Å². The van der Waals surface area contributed by atoms with Gasteiger partial charge in [0.15, 0.2) is 11.8 Å². The molecule has 3 heterocycles. The summed E-state index contributed by atoms with van der Waals surface area (Å²) in [6.07, 6.45) is 5.32. The van der Waals surface area contributed by atoms with Gasteiger partial charge < -0.3 is 10.2 Å². The number of hydrogen-bond acceptors (Lipinski definition) is 4. The smallest absolute Gasteiger partial charge is 0.193 e. The fraction of sp³-hybridized carbons (Fsp3) is 0.423. The Balaban J connectivity index is 0.00000274. The molecule has 0 aliphatic carbocycles. The van der Waals surface area contributed by atoms with Gasteiger partial charge in [-0.15, -0.1) is 24.0 Å². The SMILES string of the molecule is CN=C(NCc1cccc(-c2ncn[nH]2)c1)N1CCC2C(CCCN2Cc2ccccc2)C1.I. The first-order valence-corrected chi connectivity index (χ1v) is 12.0. The molecule has 2 atom stereocenters. The van der Waals surface area contributed by atoms with Crippen LogP contribution in [0.3, 0.4) is 0 Å². The molecule has 2 aromatic carbocycles. The minimum atomic E-state index is 0. The highest BCUT2D eigenvalue weighted by Gasteiger charge is 2.36. The maximum Gasteiger partial charge on any atom is 0.193 e. The molecule has 0 radical (unpaired) electrons. The Labute approximate surface area is 219 Å². The molecule has 180 valence electrons. The van der Waals surface area contributed by atoms with E-state index in [1.54, 1.807) is 0 Å². The Bertz CT molecular complexity index is 1050. The summed E-state index contributed by atoms with van der Waals surface area (Å²) < 4.78 is 0. The van der Waals surface area contributed by atoms with Gasteiger partial charge in [0.1, 0.15) is 6.33 Å². The minimum absolute atomic E-state index is 0. The number of rotatable bonds is 5. The number of piperidine rings is 2. The topological polar surface area (TPSA) is 72.4 Å². The van der Waals surface area contributed by atoms with Crippen LogP contribution >= 0.6 is 24.0 Å². The zero-order valence-electron chi connectivity index (χ0n) is 19.7. The monoisotopic (exact) mass is 571 g/mol. The fourth-order valence-electron chi connectivity index (χ4n) is 5.40. The van der Waals surface area contributed by atoms with Crippen molar-refractivity contribution in [3.8, 4) is 11.4 Å². The number of likely N-dealkylation sites (tertiary alicyclic amines) is 2. The second-order valence-corrected chi connectivity index (χ2v) is 9.10. The highest BCUT2D eigenvalue weighted by Crippen LogP contribution is 2.31. The van der Waals surface area contributed by atoms with Gasteiger partial charge in [0.2, 0.25) is 0 Å². The molecule has 1 aromatic heterocycles. The minimum Gasteiger partial charge on any atom is -0.352 e. The van der Waals surface area contributed by atoms with Crippen LogP contribution in [0.2, 0.25) is 0 Å². The highest BCUT2D eigenvalue weighted by atomic mass is 127. The van der Waals surface area contributed by atoms with E-state index in [0.717, 1.165) is 43.5 Å². The predicted octanol–water partition coefficient (Wildman–Crippen LogP) is 4.15. The summed E-state index contributed by atoms with van der Waals surface area (Å²) >= 11 is 0. The number of aromatic amines is 1. The normalized spacial score (nSPS) is 21.0. The first-order chi connectivity index (χ1) is 16.3. The van der Waals surface area contributed by atoms with Crippen LogP contribution in [-0.4, -0.2) is 63.7 Å². The van der Waals surface area contributed by atoms with Gasteiger partial charge in [0.25, 0.3) is 0 Å². The Morgan fingerprint density at radius 1 is 1.09 bits per heavy atom. The largest absolute Gasteiger partial charge is 0.352 e. The van der Waals surface area contributed by atoms with Crippen LogP contribution in [0.5, 0.6) is 0 Å². The second-order valence-electron chi connectivity index (χ2n) is 9.10. The average Bonchev–Trinajstić information content (AvgIpc) is 3.41. The zero-order valence-corrected chi connectivity index (χ0v) is 22.1. The maximum atomic E-state index is 4.61. The van der Waals surface area contributed by atoms with E-state index >= 15 is 0 Å². The summed E-state index contributed by atoms with van der Waals surface area (Å²) in [5, 5.41) is 10.5. The van der Waals surface area contributed by atoms with Gasteiger partial charge in [-0.05, 0) is 48.9 Å². The lowest BCUT2D eigenvalue weighted by atomic mass is 9.83. The molecular weight excluding hydrogens is 537 g/mol. The zero-order chi connectivity index (χ0) is 22.5. The number of hydrogen-bond donors (Lipinski definition) is 2. The molecule has 2 fully saturated rings. The summed E-state index contributed by atoms with van der Waals surface area (Å²) in [6, 6.07) is 20.0. The lowest BCUT2D eigenvalue weighted by molar-refractivity contribution is 0.0372. The summed E-state index contributed by atoms with van der Waals surface area (Å²) in [7, 11) is 1.89. The molecule has 2 saturated heterocycles. The molecule has 34 heavy (non-hydrogen) atoms. The third kappa shape index (κ3) is 5.78. The fourth-order valence-corrected chi connectivity index (χ4v) is 5.40. The van der Waals surface area contributed by atoms with Gasteiger partial charge in [-0.3, -0.25) is 15.0 Å². The summed E-state index contributed by atoms with van der Waals surface area (Å²) in [5.41, 5.74) is 3.67. The number of aliphatic imine (C=N–C) groups is 1. The van der Waals surface area contributed by atoms with Gasteiger partial charge in [-0.2, -0.15) is 5.10 Å². The summed E-state index contributed by atoms with van der Waals surface area (Å²) in [5.74, 6) is 2.49. The van der Waals surface area contributed by atoms with Crippen molar-refractivity contribution in [3.05, 3.63) is 72.1 Å². The second kappa shape index (κ2) is 11.8. The van der Waals surface area contributed by atoms with Gasteiger partial charge in [-0.25, -0.2) is 4.98 Å². The molecule has 2 aliphatic heterocycles. The molecule has 3 aromatic rings. The van der Waals surface area contributed by atoms with E-state index in [0.29, 0.717) is 12.0 Å². The van der Waals surface area contributed by atoms with E-state index in [9.17, 15) is 0 Å². The highest BCUT2D eigenvalue weighted by molar-refractivity contribution is 14.0. The predicted molar refractivity (Wildman–Crippen MR) is 147 cm³/mol. The molecular formula is C26H34IN7. The molecule has 8 heteroatoms. The molecule has 0 saturated carbocycles. The number of benzene rings is 2. The van der Waals surface area contributed by atoms with E-state index in [-0.39, 0.29) is 24.0 Å². The van der Waals surface area contributed by atoms with E-state index in [4.69, 9.17) is 0 Å². The van der Waals surface area contributed by atoms with Crippen molar-refractivity contribution in [1.82, 2.24) is 30.3 Å². The first-order valence-electron chi connectivity index (χ1n) is 12.0. The van der Waals surface area contributed by atoms with Crippen LogP contribution < -0.4 is 5.32 Å². The van der Waals surface area contributed by atoms with E-state index in [2.05, 4.69) is 83.8 Å². The number of guanidine groups is 1. The van der Waals surface area contributed by atoms with Gasteiger partial charge in [0.05, 0.1) is 0 Å². The number of fused-ring (bicyclic) bond motifs is 1. The lowest BCUT2D eigenvalue weighted by Crippen LogP contribution is -2.56. The molecule has 0 spiro atoms. The Hall–Kier alpha value is -2.46. The Morgan fingerprint density at radius 2 is 1.94 bits per heavy atom. The van der Waals surface area contributed by atoms with Gasteiger partial charge in [-0.1, -0.05) is 48.5 Å². The van der Waals surface area contributed by atoms with E-state index in [1.807, 2.05) is 13.1 Å². The average molecular weight is 572 g/mol. The van der Waals surface area contributed by atoms with E-state index < -0.39 is 0 Å². The molecule has 0 bridgehead atoms. The van der Waals surface area contributed by atoms with Crippen molar-refractivity contribution < 1.29 is 0 Å². The first kappa shape index (κ1) is 24.7. The van der Waals surface area contributed by atoms with Crippen molar-refractivity contribution >= 4 is 29.9 Å². The third-order valence-electron chi connectivity index (χ3n) is 6.99. The maximum absolute atomic E-state index is 4.61. The van der Waals surface area contributed by atoms with Crippen LogP contribution in [0.4, 0.5) is 0 Å². The molecule has 2 N–H and O–H groups in total. The Kier molecular flexibility index (Phi) is 8.55. The van der Waals surface area contributed by atoms with Gasteiger partial charge in [0, 0.05) is 44.8 Å². The molecule has 5 rings (SSSR count). The van der Waals surface area contributed by atoms with Crippen LogP contribution in [0.25, 0.3) is 11.4 Å². The quantitative estimate of drug-likeness (QED) is 0.274. The lowest BCUT2D eigenvalue weighted by Gasteiger charge is -2.48. The number of aromatic nitrogens is 3. The Morgan fingerprint density at radius 3 is 2.74 bits per heavy atom.